The number of aromatic nitrogens is 2. The molecule has 2 heterocycles. The van der Waals surface area contributed by atoms with E-state index < -0.39 is 5.91 Å². The maximum atomic E-state index is 11.2. The highest BCUT2D eigenvalue weighted by molar-refractivity contribution is 5.95. The maximum absolute atomic E-state index is 11.2. The van der Waals surface area contributed by atoms with Gasteiger partial charge < -0.3 is 11.1 Å². The zero-order valence-corrected chi connectivity index (χ0v) is 16.7. The molecule has 0 aliphatic carbocycles. The Hall–Kier alpha value is -3.73. The summed E-state index contributed by atoms with van der Waals surface area (Å²) in [6.45, 7) is 6.20. The lowest BCUT2D eigenvalue weighted by Gasteiger charge is -2.13. The van der Waals surface area contributed by atoms with Crippen LogP contribution in [0.4, 0.5) is 11.4 Å². The van der Waals surface area contributed by atoms with Crippen molar-refractivity contribution in [3.63, 3.8) is 0 Å². The summed E-state index contributed by atoms with van der Waals surface area (Å²) in [6.07, 6.45) is 1.66. The third-order valence-electron chi connectivity index (χ3n) is 4.89. The Morgan fingerprint density at radius 2 is 1.66 bits per heavy atom. The molecule has 4 aromatic rings. The molecule has 0 aliphatic rings. The van der Waals surface area contributed by atoms with E-state index in [4.69, 9.17) is 10.7 Å². The lowest BCUT2D eigenvalue weighted by atomic mass is 10.0. The van der Waals surface area contributed by atoms with E-state index in [9.17, 15) is 4.79 Å². The summed E-state index contributed by atoms with van der Waals surface area (Å²) in [4.78, 5) is 20.0. The molecule has 5 heteroatoms. The molecule has 0 saturated heterocycles. The Morgan fingerprint density at radius 3 is 2.31 bits per heavy atom. The number of carbonyl (C=O) groups excluding carboxylic acids is 1. The molecule has 5 nitrogen and oxygen atoms in total. The number of nitrogens with zero attached hydrogens (tertiary/aromatic N) is 2. The van der Waals surface area contributed by atoms with Gasteiger partial charge in [0.25, 0.3) is 5.91 Å². The van der Waals surface area contributed by atoms with Gasteiger partial charge in [-0.2, -0.15) is 0 Å². The molecule has 3 N–H and O–H groups in total. The number of hydrogen-bond donors (Lipinski definition) is 2. The van der Waals surface area contributed by atoms with Gasteiger partial charge >= 0.3 is 0 Å². The molecule has 0 bridgehead atoms. The van der Waals surface area contributed by atoms with Gasteiger partial charge in [0.05, 0.1) is 5.52 Å². The Kier molecular flexibility index (Phi) is 4.72. The van der Waals surface area contributed by atoms with E-state index in [2.05, 4.69) is 42.3 Å². The van der Waals surface area contributed by atoms with Crippen molar-refractivity contribution >= 4 is 28.2 Å². The first-order valence-electron chi connectivity index (χ1n) is 9.42. The average Bonchev–Trinajstić information content (AvgIpc) is 2.69. The molecule has 0 radical (unpaired) electrons. The molecule has 0 unspecified atom stereocenters. The third-order valence-corrected chi connectivity index (χ3v) is 4.89. The molecular formula is C24H22N4O. The molecule has 0 atom stereocenters. The molecule has 2 aromatic carbocycles. The predicted octanol–water partition coefficient (Wildman–Crippen LogP) is 5.06. The topological polar surface area (TPSA) is 80.9 Å². The SMILES string of the molecule is Cc1cc(C)c2nc(C)cc(Nc3ccc(-c4ccc(C(N)=O)nc4)cc3)c2c1. The molecule has 4 rings (SSSR count). The second kappa shape index (κ2) is 7.36. The summed E-state index contributed by atoms with van der Waals surface area (Å²) in [7, 11) is 0. The van der Waals surface area contributed by atoms with Gasteiger partial charge in [-0.05, 0) is 62.2 Å². The van der Waals surface area contributed by atoms with E-state index in [1.807, 2.05) is 37.3 Å². The monoisotopic (exact) mass is 382 g/mol. The van der Waals surface area contributed by atoms with E-state index >= 15 is 0 Å². The summed E-state index contributed by atoms with van der Waals surface area (Å²) in [5, 5.41) is 4.64. The Labute approximate surface area is 169 Å². The van der Waals surface area contributed by atoms with Crippen LogP contribution in [-0.4, -0.2) is 15.9 Å². The Bertz CT molecular complexity index is 1210. The van der Waals surface area contributed by atoms with Crippen LogP contribution >= 0.6 is 0 Å². The fourth-order valence-corrected chi connectivity index (χ4v) is 3.52. The average molecular weight is 382 g/mol. The molecule has 1 amide bonds. The highest BCUT2D eigenvalue weighted by Gasteiger charge is 2.09. The van der Waals surface area contributed by atoms with Gasteiger partial charge in [0.2, 0.25) is 0 Å². The van der Waals surface area contributed by atoms with Crippen LogP contribution in [-0.2, 0) is 0 Å². The van der Waals surface area contributed by atoms with E-state index in [0.29, 0.717) is 0 Å². The number of amides is 1. The molecule has 2 aromatic heterocycles. The van der Waals surface area contributed by atoms with E-state index in [-0.39, 0.29) is 5.69 Å². The van der Waals surface area contributed by atoms with Crippen LogP contribution in [0.15, 0.2) is 60.8 Å². The number of rotatable bonds is 4. The number of nitrogens with one attached hydrogen (secondary N) is 1. The fourth-order valence-electron chi connectivity index (χ4n) is 3.52. The predicted molar refractivity (Wildman–Crippen MR) is 117 cm³/mol. The Morgan fingerprint density at radius 1 is 0.931 bits per heavy atom. The number of fused-ring (bicyclic) bond motifs is 1. The number of primary amides is 1. The molecule has 0 aliphatic heterocycles. The van der Waals surface area contributed by atoms with Gasteiger partial charge in [0, 0.05) is 34.2 Å². The van der Waals surface area contributed by atoms with Crippen molar-refractivity contribution in [2.75, 3.05) is 5.32 Å². The zero-order chi connectivity index (χ0) is 20.5. The van der Waals surface area contributed by atoms with Gasteiger partial charge in [0.1, 0.15) is 5.69 Å². The minimum atomic E-state index is -0.526. The normalized spacial score (nSPS) is 10.9. The molecular weight excluding hydrogens is 360 g/mol. The Balaban J connectivity index is 1.65. The van der Waals surface area contributed by atoms with Gasteiger partial charge in [-0.1, -0.05) is 29.8 Å². The number of hydrogen-bond acceptors (Lipinski definition) is 4. The van der Waals surface area contributed by atoms with Crippen molar-refractivity contribution in [2.45, 2.75) is 20.8 Å². The van der Waals surface area contributed by atoms with Crippen molar-refractivity contribution in [3.8, 4) is 11.1 Å². The minimum Gasteiger partial charge on any atom is -0.364 e. The smallest absolute Gasteiger partial charge is 0.267 e. The van der Waals surface area contributed by atoms with Crippen LogP contribution < -0.4 is 11.1 Å². The van der Waals surface area contributed by atoms with Gasteiger partial charge in [-0.3, -0.25) is 14.8 Å². The molecule has 0 spiro atoms. The number of carbonyl (C=O) groups is 1. The summed E-state index contributed by atoms with van der Waals surface area (Å²) in [5.41, 5.74) is 13.9. The first-order valence-corrected chi connectivity index (χ1v) is 9.42. The van der Waals surface area contributed by atoms with Crippen molar-refractivity contribution < 1.29 is 4.79 Å². The maximum Gasteiger partial charge on any atom is 0.267 e. The van der Waals surface area contributed by atoms with Crippen molar-refractivity contribution in [1.82, 2.24) is 9.97 Å². The number of anilines is 2. The van der Waals surface area contributed by atoms with Crippen molar-refractivity contribution in [3.05, 3.63) is 83.3 Å². The first kappa shape index (κ1) is 18.6. The lowest BCUT2D eigenvalue weighted by molar-refractivity contribution is 0.0995. The van der Waals surface area contributed by atoms with Crippen molar-refractivity contribution in [2.24, 2.45) is 5.73 Å². The summed E-state index contributed by atoms with van der Waals surface area (Å²) in [5.74, 6) is -0.526. The van der Waals surface area contributed by atoms with Crippen LogP contribution in [0, 0.1) is 20.8 Å². The first-order chi connectivity index (χ1) is 13.9. The summed E-state index contributed by atoms with van der Waals surface area (Å²) in [6, 6.07) is 18.0. The number of nitrogens with two attached hydrogens (primary N) is 1. The van der Waals surface area contributed by atoms with Gasteiger partial charge in [-0.15, -0.1) is 0 Å². The highest BCUT2D eigenvalue weighted by atomic mass is 16.1. The number of benzene rings is 2. The fraction of sp³-hybridized carbons (Fsp3) is 0.125. The third kappa shape index (κ3) is 3.80. The summed E-state index contributed by atoms with van der Waals surface area (Å²) < 4.78 is 0. The van der Waals surface area contributed by atoms with Crippen LogP contribution in [0.3, 0.4) is 0 Å². The largest absolute Gasteiger partial charge is 0.364 e. The summed E-state index contributed by atoms with van der Waals surface area (Å²) >= 11 is 0. The second-order valence-electron chi connectivity index (χ2n) is 7.29. The van der Waals surface area contributed by atoms with E-state index in [1.165, 1.54) is 11.1 Å². The number of aryl methyl sites for hydroxylation is 3. The molecule has 29 heavy (non-hydrogen) atoms. The zero-order valence-electron chi connectivity index (χ0n) is 16.7. The molecule has 0 saturated carbocycles. The van der Waals surface area contributed by atoms with Gasteiger partial charge in [-0.25, -0.2) is 0 Å². The van der Waals surface area contributed by atoms with Crippen LogP contribution in [0.1, 0.15) is 27.3 Å². The van der Waals surface area contributed by atoms with E-state index in [1.54, 1.807) is 12.3 Å². The van der Waals surface area contributed by atoms with Gasteiger partial charge in [0.15, 0.2) is 0 Å². The quantitative estimate of drug-likeness (QED) is 0.517. The number of pyridine rings is 2. The minimum absolute atomic E-state index is 0.262. The standard InChI is InChI=1S/C24H22N4O/c1-14-10-15(2)23-20(11-14)22(12-16(3)27-23)28-19-7-4-17(5-8-19)18-6-9-21(24(25)29)26-13-18/h4-13H,1-3H3,(H2,25,29)(H,27,28). The highest BCUT2D eigenvalue weighted by Crippen LogP contribution is 2.30. The molecule has 144 valence electrons. The van der Waals surface area contributed by atoms with Crippen LogP contribution in [0.5, 0.6) is 0 Å². The van der Waals surface area contributed by atoms with E-state index in [0.717, 1.165) is 39.1 Å². The molecule has 0 fully saturated rings. The van der Waals surface area contributed by atoms with Crippen molar-refractivity contribution in [1.29, 1.82) is 0 Å². The van der Waals surface area contributed by atoms with Crippen LogP contribution in [0.2, 0.25) is 0 Å². The van der Waals surface area contributed by atoms with Crippen LogP contribution in [0.25, 0.3) is 22.0 Å². The lowest BCUT2D eigenvalue weighted by Crippen LogP contribution is -2.12. The second-order valence-corrected chi connectivity index (χ2v) is 7.29.